The van der Waals surface area contributed by atoms with E-state index in [4.69, 9.17) is 26.1 Å². The number of rotatable bonds is 7. The molecule has 1 amide bonds. The Labute approximate surface area is 192 Å². The second-order valence-corrected chi connectivity index (χ2v) is 8.24. The molecule has 0 radical (unpaired) electrons. The van der Waals surface area contributed by atoms with Crippen LogP contribution in [0.4, 0.5) is 11.8 Å². The van der Waals surface area contributed by atoms with Crippen LogP contribution < -0.4 is 15.0 Å². The first-order valence-corrected chi connectivity index (χ1v) is 11.2. The molecule has 2 N–H and O–H groups in total. The van der Waals surface area contributed by atoms with Gasteiger partial charge in [0.1, 0.15) is 17.1 Å². The smallest absolute Gasteiger partial charge is 0.259 e. The summed E-state index contributed by atoms with van der Waals surface area (Å²) in [7, 11) is 1.57. The summed E-state index contributed by atoms with van der Waals surface area (Å²) in [5, 5.41) is 13.5. The minimum Gasteiger partial charge on any atom is -0.495 e. The molecule has 1 atom stereocenters. The van der Waals surface area contributed by atoms with E-state index in [-0.39, 0.29) is 18.6 Å². The minimum absolute atomic E-state index is 0.0101. The molecule has 0 unspecified atom stereocenters. The van der Waals surface area contributed by atoms with Crippen molar-refractivity contribution in [2.75, 3.05) is 56.8 Å². The van der Waals surface area contributed by atoms with Crippen molar-refractivity contribution < 1.29 is 19.4 Å². The summed E-state index contributed by atoms with van der Waals surface area (Å²) in [5.41, 5.74) is 1.34. The van der Waals surface area contributed by atoms with Crippen LogP contribution in [-0.4, -0.2) is 78.5 Å². The van der Waals surface area contributed by atoms with E-state index in [0.29, 0.717) is 60.9 Å². The molecule has 10 heteroatoms. The normalized spacial score (nSPS) is 18.7. The van der Waals surface area contributed by atoms with E-state index in [0.717, 1.165) is 24.9 Å². The van der Waals surface area contributed by atoms with Crippen molar-refractivity contribution in [1.82, 2.24) is 14.9 Å². The number of aliphatic hydroxyl groups is 1. The largest absolute Gasteiger partial charge is 0.495 e. The van der Waals surface area contributed by atoms with Gasteiger partial charge in [-0.25, -0.2) is 4.98 Å². The Morgan fingerprint density at radius 1 is 1.34 bits per heavy atom. The standard InChI is InChI=1S/C22H28ClN5O4/c1-31-19-5-4-15(11-18(19)23)12-24-20-17(21(30)27-7-9-32-10-8-27)13-25-22(26-20)28-6-2-3-16(28)14-29/h4-5,11,13,16,29H,2-3,6-10,12,14H2,1H3,(H,24,25,26)/t16-/m1/s1. The van der Waals surface area contributed by atoms with Gasteiger partial charge in [0.15, 0.2) is 0 Å². The predicted molar refractivity (Wildman–Crippen MR) is 122 cm³/mol. The molecule has 2 aliphatic heterocycles. The first-order chi connectivity index (χ1) is 15.6. The van der Waals surface area contributed by atoms with Gasteiger partial charge in [-0.1, -0.05) is 17.7 Å². The first-order valence-electron chi connectivity index (χ1n) is 10.8. The first kappa shape index (κ1) is 22.6. The van der Waals surface area contributed by atoms with Gasteiger partial charge in [0.05, 0.1) is 38.0 Å². The quantitative estimate of drug-likeness (QED) is 0.647. The summed E-state index contributed by atoms with van der Waals surface area (Å²) in [6.07, 6.45) is 3.44. The molecule has 0 bridgehead atoms. The molecule has 0 spiro atoms. The van der Waals surface area contributed by atoms with Crippen LogP contribution in [0, 0.1) is 0 Å². The maximum atomic E-state index is 13.2. The molecule has 172 valence electrons. The molecule has 9 nitrogen and oxygen atoms in total. The van der Waals surface area contributed by atoms with Gasteiger partial charge in [0, 0.05) is 32.4 Å². The SMILES string of the molecule is COc1ccc(CNc2nc(N3CCC[C@@H]3CO)ncc2C(=O)N2CCOCC2)cc1Cl. The van der Waals surface area contributed by atoms with Crippen molar-refractivity contribution in [2.45, 2.75) is 25.4 Å². The highest BCUT2D eigenvalue weighted by Crippen LogP contribution is 2.27. The number of hydrogen-bond donors (Lipinski definition) is 2. The summed E-state index contributed by atoms with van der Waals surface area (Å²) >= 11 is 6.26. The number of amides is 1. The third kappa shape index (κ3) is 4.90. The Kier molecular flexibility index (Phi) is 7.29. The number of ether oxygens (including phenoxy) is 2. The van der Waals surface area contributed by atoms with E-state index in [1.807, 2.05) is 17.0 Å². The number of hydrogen-bond acceptors (Lipinski definition) is 8. The second kappa shape index (κ2) is 10.3. The molecular formula is C22H28ClN5O4. The van der Waals surface area contributed by atoms with Crippen LogP contribution in [-0.2, 0) is 11.3 Å². The Balaban J connectivity index is 1.60. The lowest BCUT2D eigenvalue weighted by atomic mass is 10.2. The highest BCUT2D eigenvalue weighted by molar-refractivity contribution is 6.32. The summed E-state index contributed by atoms with van der Waals surface area (Å²) in [6.45, 7) is 3.35. The molecule has 2 fully saturated rings. The average molecular weight is 462 g/mol. The highest BCUT2D eigenvalue weighted by Gasteiger charge is 2.28. The fourth-order valence-electron chi connectivity index (χ4n) is 4.03. The molecule has 1 aromatic carbocycles. The maximum Gasteiger partial charge on any atom is 0.259 e. The van der Waals surface area contributed by atoms with Crippen LogP contribution in [0.1, 0.15) is 28.8 Å². The number of nitrogens with zero attached hydrogens (tertiary/aromatic N) is 4. The monoisotopic (exact) mass is 461 g/mol. The molecule has 0 aliphatic carbocycles. The van der Waals surface area contributed by atoms with Gasteiger partial charge in [-0.2, -0.15) is 4.98 Å². The fourth-order valence-corrected chi connectivity index (χ4v) is 4.31. The Hall–Kier alpha value is -2.62. The van der Waals surface area contributed by atoms with Crippen molar-refractivity contribution in [3.8, 4) is 5.75 Å². The van der Waals surface area contributed by atoms with Crippen molar-refractivity contribution in [1.29, 1.82) is 0 Å². The molecule has 4 rings (SSSR count). The highest BCUT2D eigenvalue weighted by atomic mass is 35.5. The van der Waals surface area contributed by atoms with Gasteiger partial charge in [-0.15, -0.1) is 0 Å². The maximum absolute atomic E-state index is 13.2. The fraction of sp³-hybridized carbons (Fsp3) is 0.500. The number of carbonyl (C=O) groups excluding carboxylic acids is 1. The number of aromatic nitrogens is 2. The van der Waals surface area contributed by atoms with Crippen LogP contribution >= 0.6 is 11.6 Å². The number of nitrogens with one attached hydrogen (secondary N) is 1. The molecule has 2 aliphatic rings. The van der Waals surface area contributed by atoms with Gasteiger partial charge < -0.3 is 29.7 Å². The molecule has 32 heavy (non-hydrogen) atoms. The molecule has 2 aromatic rings. The lowest BCUT2D eigenvalue weighted by Crippen LogP contribution is -2.41. The number of morpholine rings is 1. The third-order valence-corrected chi connectivity index (χ3v) is 6.12. The van der Waals surface area contributed by atoms with Crippen LogP contribution in [0.3, 0.4) is 0 Å². The Morgan fingerprint density at radius 3 is 2.88 bits per heavy atom. The van der Waals surface area contributed by atoms with E-state index in [2.05, 4.69) is 10.3 Å². The summed E-state index contributed by atoms with van der Waals surface area (Å²) < 4.78 is 10.6. The van der Waals surface area contributed by atoms with E-state index in [1.165, 1.54) is 0 Å². The molecule has 0 saturated carbocycles. The van der Waals surface area contributed by atoms with Gasteiger partial charge in [0.2, 0.25) is 5.95 Å². The number of carbonyl (C=O) groups is 1. The lowest BCUT2D eigenvalue weighted by molar-refractivity contribution is 0.0303. The van der Waals surface area contributed by atoms with E-state index < -0.39 is 0 Å². The zero-order chi connectivity index (χ0) is 22.5. The number of halogens is 1. The minimum atomic E-state index is -0.129. The average Bonchev–Trinajstić information content (AvgIpc) is 3.32. The molecular weight excluding hydrogens is 434 g/mol. The van der Waals surface area contributed by atoms with Crippen molar-refractivity contribution in [2.24, 2.45) is 0 Å². The van der Waals surface area contributed by atoms with Gasteiger partial charge in [-0.3, -0.25) is 4.79 Å². The summed E-state index contributed by atoms with van der Waals surface area (Å²) in [5.74, 6) is 1.44. The van der Waals surface area contributed by atoms with Gasteiger partial charge in [-0.05, 0) is 30.5 Å². The van der Waals surface area contributed by atoms with Crippen molar-refractivity contribution >= 4 is 29.3 Å². The zero-order valence-electron chi connectivity index (χ0n) is 18.1. The van der Waals surface area contributed by atoms with Gasteiger partial charge in [0.25, 0.3) is 5.91 Å². The number of anilines is 2. The van der Waals surface area contributed by atoms with E-state index in [1.54, 1.807) is 24.3 Å². The second-order valence-electron chi connectivity index (χ2n) is 7.83. The van der Waals surface area contributed by atoms with E-state index >= 15 is 0 Å². The van der Waals surface area contributed by atoms with Gasteiger partial charge >= 0.3 is 0 Å². The Bertz CT molecular complexity index is 954. The topological polar surface area (TPSA) is 100 Å². The van der Waals surface area contributed by atoms with E-state index in [9.17, 15) is 9.90 Å². The zero-order valence-corrected chi connectivity index (χ0v) is 18.8. The lowest BCUT2D eigenvalue weighted by Gasteiger charge is -2.28. The van der Waals surface area contributed by atoms with Crippen LogP contribution in [0.25, 0.3) is 0 Å². The van der Waals surface area contributed by atoms with Crippen molar-refractivity contribution in [3.05, 3.63) is 40.5 Å². The van der Waals surface area contributed by atoms with Crippen molar-refractivity contribution in [3.63, 3.8) is 0 Å². The number of methoxy groups -OCH3 is 1. The Morgan fingerprint density at radius 2 is 2.16 bits per heavy atom. The number of benzene rings is 1. The molecule has 2 saturated heterocycles. The number of aliphatic hydroxyl groups excluding tert-OH is 1. The van der Waals surface area contributed by atoms with Crippen LogP contribution in [0.5, 0.6) is 5.75 Å². The third-order valence-electron chi connectivity index (χ3n) is 5.83. The summed E-state index contributed by atoms with van der Waals surface area (Å²) in [6, 6.07) is 5.52. The van der Waals surface area contributed by atoms with Crippen LogP contribution in [0.15, 0.2) is 24.4 Å². The molecule has 1 aromatic heterocycles. The molecule has 3 heterocycles. The summed E-state index contributed by atoms with van der Waals surface area (Å²) in [4.78, 5) is 26.1. The predicted octanol–water partition coefficient (Wildman–Crippen LogP) is 2.18. The van der Waals surface area contributed by atoms with Crippen LogP contribution in [0.2, 0.25) is 5.02 Å².